The molecule has 0 amide bonds. The van der Waals surface area contributed by atoms with Crippen molar-refractivity contribution in [3.05, 3.63) is 84.2 Å². The number of aryl methyl sites for hydroxylation is 1. The van der Waals surface area contributed by atoms with Crippen LogP contribution in [0.5, 0.6) is 0 Å². The first-order chi connectivity index (χ1) is 12.1. The molecule has 0 unspecified atom stereocenters. The highest BCUT2D eigenvalue weighted by Crippen LogP contribution is 2.20. The van der Waals surface area contributed by atoms with Crippen molar-refractivity contribution >= 4 is 10.0 Å². The predicted octanol–water partition coefficient (Wildman–Crippen LogP) is 3.29. The first kappa shape index (κ1) is 17.4. The van der Waals surface area contributed by atoms with Crippen LogP contribution >= 0.6 is 0 Å². The van der Waals surface area contributed by atoms with Crippen LogP contribution in [0.15, 0.2) is 78.0 Å². The molecule has 25 heavy (non-hydrogen) atoms. The lowest BCUT2D eigenvalue weighted by molar-refractivity contribution is 0.401. The Kier molecular flexibility index (Phi) is 5.31. The second-order valence-electron chi connectivity index (χ2n) is 5.78. The first-order valence-electron chi connectivity index (χ1n) is 8.20. The molecule has 2 aromatic carbocycles. The van der Waals surface area contributed by atoms with Gasteiger partial charge in [-0.2, -0.15) is 9.40 Å². The molecule has 3 aromatic rings. The Bertz CT molecular complexity index is 865. The van der Waals surface area contributed by atoms with Crippen molar-refractivity contribution in [3.8, 4) is 0 Å². The lowest BCUT2D eigenvalue weighted by atomic mass is 10.2. The second-order valence-corrected chi connectivity index (χ2v) is 7.71. The average molecular weight is 355 g/mol. The maximum atomic E-state index is 13.1. The molecule has 0 aliphatic heterocycles. The Hall–Kier alpha value is -2.44. The van der Waals surface area contributed by atoms with Gasteiger partial charge >= 0.3 is 0 Å². The summed E-state index contributed by atoms with van der Waals surface area (Å²) in [5.41, 5.74) is 1.90. The van der Waals surface area contributed by atoms with Crippen molar-refractivity contribution in [2.75, 3.05) is 0 Å². The molecule has 130 valence electrons. The maximum Gasteiger partial charge on any atom is 0.246 e. The third-order valence-corrected chi connectivity index (χ3v) is 5.72. The topological polar surface area (TPSA) is 55.2 Å². The van der Waals surface area contributed by atoms with Crippen molar-refractivity contribution in [3.63, 3.8) is 0 Å². The fourth-order valence-corrected chi connectivity index (χ4v) is 3.97. The second kappa shape index (κ2) is 7.63. The summed E-state index contributed by atoms with van der Waals surface area (Å²) in [7, 11) is -3.64. The Morgan fingerprint density at radius 1 is 0.920 bits per heavy atom. The molecule has 5 nitrogen and oxygen atoms in total. The molecule has 0 aliphatic carbocycles. The zero-order valence-corrected chi connectivity index (χ0v) is 14.9. The summed E-state index contributed by atoms with van der Waals surface area (Å²) in [6.07, 6.45) is 3.00. The molecule has 1 heterocycles. The van der Waals surface area contributed by atoms with Gasteiger partial charge in [0, 0.05) is 25.8 Å². The van der Waals surface area contributed by atoms with E-state index in [4.69, 9.17) is 0 Å². The Balaban J connectivity index is 1.94. The van der Waals surface area contributed by atoms with Crippen LogP contribution in [-0.2, 0) is 29.7 Å². The van der Waals surface area contributed by atoms with Gasteiger partial charge in [-0.3, -0.25) is 4.68 Å². The number of rotatable bonds is 7. The lowest BCUT2D eigenvalue weighted by Gasteiger charge is -2.21. The van der Waals surface area contributed by atoms with E-state index in [0.29, 0.717) is 19.6 Å². The highest BCUT2D eigenvalue weighted by molar-refractivity contribution is 7.89. The largest absolute Gasteiger partial charge is 0.272 e. The van der Waals surface area contributed by atoms with Crippen LogP contribution in [0.25, 0.3) is 0 Å². The molecule has 0 saturated carbocycles. The maximum absolute atomic E-state index is 13.1. The number of nitrogens with zero attached hydrogens (tertiary/aromatic N) is 3. The van der Waals surface area contributed by atoms with Crippen molar-refractivity contribution in [2.24, 2.45) is 0 Å². The molecule has 1 aromatic heterocycles. The summed E-state index contributed by atoms with van der Waals surface area (Å²) >= 11 is 0. The molecule has 0 N–H and O–H groups in total. The summed E-state index contributed by atoms with van der Waals surface area (Å²) in [6.45, 7) is 3.19. The fraction of sp³-hybridized carbons (Fsp3) is 0.211. The minimum Gasteiger partial charge on any atom is -0.272 e. The smallest absolute Gasteiger partial charge is 0.246 e. The molecular formula is C19H21N3O2S. The molecule has 0 radical (unpaired) electrons. The van der Waals surface area contributed by atoms with Crippen LogP contribution < -0.4 is 0 Å². The molecule has 0 saturated heterocycles. The number of aromatic nitrogens is 2. The molecule has 0 aliphatic rings. The van der Waals surface area contributed by atoms with E-state index in [0.717, 1.165) is 11.1 Å². The van der Waals surface area contributed by atoms with Crippen LogP contribution in [0.4, 0.5) is 0 Å². The molecule has 0 spiro atoms. The van der Waals surface area contributed by atoms with Gasteiger partial charge in [0.25, 0.3) is 0 Å². The van der Waals surface area contributed by atoms with Gasteiger partial charge in [-0.15, -0.1) is 0 Å². The van der Waals surface area contributed by atoms with Crippen molar-refractivity contribution in [1.82, 2.24) is 14.1 Å². The number of sulfonamides is 1. The number of hydrogen-bond acceptors (Lipinski definition) is 3. The molecule has 6 heteroatoms. The van der Waals surface area contributed by atoms with E-state index >= 15 is 0 Å². The lowest BCUT2D eigenvalue weighted by Crippen LogP contribution is -2.30. The van der Waals surface area contributed by atoms with Crippen molar-refractivity contribution < 1.29 is 8.42 Å². The van der Waals surface area contributed by atoms with Gasteiger partial charge in [0.05, 0.1) is 6.20 Å². The number of hydrogen-bond donors (Lipinski definition) is 0. The van der Waals surface area contributed by atoms with Gasteiger partial charge in [0.15, 0.2) is 0 Å². The Morgan fingerprint density at radius 3 is 1.88 bits per heavy atom. The van der Waals surface area contributed by atoms with Gasteiger partial charge in [-0.05, 0) is 18.1 Å². The van der Waals surface area contributed by atoms with Crippen molar-refractivity contribution in [2.45, 2.75) is 31.5 Å². The molecule has 0 bridgehead atoms. The zero-order chi connectivity index (χ0) is 17.7. The summed E-state index contributed by atoms with van der Waals surface area (Å²) in [6, 6.07) is 19.2. The monoisotopic (exact) mass is 355 g/mol. The quantitative estimate of drug-likeness (QED) is 0.653. The van der Waals surface area contributed by atoms with Gasteiger partial charge in [-0.25, -0.2) is 8.42 Å². The summed E-state index contributed by atoms with van der Waals surface area (Å²) in [5, 5.41) is 4.11. The predicted molar refractivity (Wildman–Crippen MR) is 97.2 cm³/mol. The average Bonchev–Trinajstić information content (AvgIpc) is 3.13. The van der Waals surface area contributed by atoms with Crippen LogP contribution in [0, 0.1) is 0 Å². The third-order valence-electron chi connectivity index (χ3n) is 3.97. The first-order valence-corrected chi connectivity index (χ1v) is 9.64. The van der Waals surface area contributed by atoms with Crippen LogP contribution in [0.1, 0.15) is 18.1 Å². The third kappa shape index (κ3) is 4.15. The molecule has 0 fully saturated rings. The van der Waals surface area contributed by atoms with E-state index in [2.05, 4.69) is 5.10 Å². The molecule has 0 atom stereocenters. The van der Waals surface area contributed by atoms with Crippen LogP contribution in [0.3, 0.4) is 0 Å². The van der Waals surface area contributed by atoms with Gasteiger partial charge in [0.2, 0.25) is 10.0 Å². The normalized spacial score (nSPS) is 11.8. The van der Waals surface area contributed by atoms with Gasteiger partial charge in [0.1, 0.15) is 4.90 Å². The van der Waals surface area contributed by atoms with Gasteiger partial charge in [-0.1, -0.05) is 60.7 Å². The molecule has 3 rings (SSSR count). The van der Waals surface area contributed by atoms with Crippen molar-refractivity contribution in [1.29, 1.82) is 0 Å². The summed E-state index contributed by atoms with van der Waals surface area (Å²) < 4.78 is 29.4. The standard InChI is InChI=1S/C19H21N3O2S/c1-2-21-16-19(13-20-21)25(23,24)22(14-17-9-5-3-6-10-17)15-18-11-7-4-8-12-18/h3-13,16H,2,14-15H2,1H3. The van der Waals surface area contributed by atoms with Gasteiger partial charge < -0.3 is 0 Å². The molecular weight excluding hydrogens is 334 g/mol. The zero-order valence-electron chi connectivity index (χ0n) is 14.1. The van der Waals surface area contributed by atoms with Crippen LogP contribution in [-0.4, -0.2) is 22.5 Å². The van der Waals surface area contributed by atoms with E-state index in [9.17, 15) is 8.42 Å². The number of benzene rings is 2. The highest BCUT2D eigenvalue weighted by atomic mass is 32.2. The fourth-order valence-electron chi connectivity index (χ4n) is 2.60. The summed E-state index contributed by atoms with van der Waals surface area (Å²) in [5.74, 6) is 0. The van der Waals surface area contributed by atoms with Crippen LogP contribution in [0.2, 0.25) is 0 Å². The minimum atomic E-state index is -3.64. The van der Waals surface area contributed by atoms with E-state index in [1.165, 1.54) is 10.5 Å². The highest BCUT2D eigenvalue weighted by Gasteiger charge is 2.26. The Labute approximate surface area is 148 Å². The van der Waals surface area contributed by atoms with E-state index < -0.39 is 10.0 Å². The minimum absolute atomic E-state index is 0.223. The summed E-state index contributed by atoms with van der Waals surface area (Å²) in [4.78, 5) is 0.223. The van der Waals surface area contributed by atoms with E-state index in [-0.39, 0.29) is 4.90 Å². The Morgan fingerprint density at radius 2 is 1.44 bits per heavy atom. The SMILES string of the molecule is CCn1cc(S(=O)(=O)N(Cc2ccccc2)Cc2ccccc2)cn1. The van der Waals surface area contributed by atoms with E-state index in [1.807, 2.05) is 67.6 Å². The van der Waals surface area contributed by atoms with E-state index in [1.54, 1.807) is 10.9 Å².